The van der Waals surface area contributed by atoms with Crippen molar-refractivity contribution < 1.29 is 9.59 Å². The molecule has 0 spiro atoms. The van der Waals surface area contributed by atoms with Crippen molar-refractivity contribution >= 4 is 29.1 Å². The zero-order chi connectivity index (χ0) is 18.4. The van der Waals surface area contributed by atoms with Crippen molar-refractivity contribution in [3.63, 3.8) is 0 Å². The van der Waals surface area contributed by atoms with Crippen LogP contribution in [0.4, 0.5) is 5.69 Å². The molecule has 2 N–H and O–H groups in total. The summed E-state index contributed by atoms with van der Waals surface area (Å²) >= 11 is 5.88. The van der Waals surface area contributed by atoms with Crippen molar-refractivity contribution in [1.29, 1.82) is 0 Å². The summed E-state index contributed by atoms with van der Waals surface area (Å²) in [6, 6.07) is 16.4. The van der Waals surface area contributed by atoms with Crippen molar-refractivity contribution in [2.75, 3.05) is 5.32 Å². The van der Waals surface area contributed by atoms with Gasteiger partial charge in [0.1, 0.15) is 0 Å². The lowest BCUT2D eigenvalue weighted by atomic mass is 9.36. The number of carbonyl (C=O) groups excluding carboxylic acids is 2. The largest absolute Gasteiger partial charge is 0.347 e. The molecule has 2 bridgehead atoms. The van der Waals surface area contributed by atoms with Crippen LogP contribution in [-0.4, -0.2) is 17.4 Å². The topological polar surface area (TPSA) is 58.2 Å². The number of hydrogen-bond acceptors (Lipinski definition) is 2. The monoisotopic (exact) mass is 368 g/mol. The van der Waals surface area contributed by atoms with E-state index in [1.165, 1.54) is 0 Å². The fraction of sp³-hybridized carbons (Fsp3) is 0.333. The molecule has 4 nitrogen and oxygen atoms in total. The molecular weight excluding hydrogens is 348 g/mol. The van der Waals surface area contributed by atoms with Crippen molar-refractivity contribution in [2.45, 2.75) is 31.7 Å². The Hall–Kier alpha value is -2.33. The summed E-state index contributed by atoms with van der Waals surface area (Å²) in [5, 5.41) is 6.77. The van der Waals surface area contributed by atoms with Gasteiger partial charge in [0.05, 0.1) is 0 Å². The smallest absolute Gasteiger partial charge is 0.251 e. The van der Waals surface area contributed by atoms with Crippen LogP contribution in [0, 0.1) is 11.3 Å². The molecule has 0 saturated heterocycles. The second-order valence-corrected chi connectivity index (χ2v) is 8.15. The molecule has 5 heteroatoms. The molecule has 3 saturated carbocycles. The van der Waals surface area contributed by atoms with Gasteiger partial charge < -0.3 is 10.6 Å². The molecule has 0 radical (unpaired) electrons. The highest BCUT2D eigenvalue weighted by molar-refractivity contribution is 6.30. The quantitative estimate of drug-likeness (QED) is 0.828. The third-order valence-corrected chi connectivity index (χ3v) is 6.16. The molecular formula is C21H21ClN2O2. The van der Waals surface area contributed by atoms with Gasteiger partial charge in [0.2, 0.25) is 5.91 Å². The standard InChI is InChI=1S/C21H21ClN2O2/c1-14(18(25)23-17-9-7-16(22)8-10-17)20-11-21(12-20,13-20)24-19(26)15-5-3-2-4-6-15/h2-10,14H,11-13H2,1H3,(H,23,25)(H,24,26)/t14-,20?,21?/m0/s1. The van der Waals surface area contributed by atoms with Crippen molar-refractivity contribution in [2.24, 2.45) is 11.3 Å². The first-order valence-corrected chi connectivity index (χ1v) is 9.23. The van der Waals surface area contributed by atoms with E-state index in [2.05, 4.69) is 10.6 Å². The van der Waals surface area contributed by atoms with E-state index in [9.17, 15) is 9.59 Å². The highest BCUT2D eigenvalue weighted by Crippen LogP contribution is 2.70. The summed E-state index contributed by atoms with van der Waals surface area (Å²) in [6.45, 7) is 1.98. The normalized spacial score (nSPS) is 26.8. The number of nitrogens with one attached hydrogen (secondary N) is 2. The lowest BCUT2D eigenvalue weighted by Gasteiger charge is -2.72. The van der Waals surface area contributed by atoms with Gasteiger partial charge in [-0.05, 0) is 61.1 Å². The van der Waals surface area contributed by atoms with Crippen LogP contribution in [0.25, 0.3) is 0 Å². The SMILES string of the molecule is C[C@@H](C(=O)Nc1ccc(Cl)cc1)C12CC(NC(=O)c3ccccc3)(C1)C2. The molecule has 0 aliphatic heterocycles. The lowest BCUT2D eigenvalue weighted by Crippen LogP contribution is -2.77. The van der Waals surface area contributed by atoms with E-state index in [4.69, 9.17) is 11.6 Å². The molecule has 0 aromatic heterocycles. The zero-order valence-electron chi connectivity index (χ0n) is 14.6. The Labute approximate surface area is 157 Å². The van der Waals surface area contributed by atoms with Gasteiger partial charge in [-0.25, -0.2) is 0 Å². The Morgan fingerprint density at radius 2 is 1.62 bits per heavy atom. The van der Waals surface area contributed by atoms with E-state index in [1.807, 2.05) is 37.3 Å². The van der Waals surface area contributed by atoms with Crippen LogP contribution in [0.2, 0.25) is 5.02 Å². The highest BCUT2D eigenvalue weighted by Gasteiger charge is 2.71. The van der Waals surface area contributed by atoms with Gasteiger partial charge >= 0.3 is 0 Å². The maximum atomic E-state index is 12.6. The molecule has 3 fully saturated rings. The van der Waals surface area contributed by atoms with Crippen LogP contribution in [0.1, 0.15) is 36.5 Å². The number of rotatable bonds is 5. The number of carbonyl (C=O) groups is 2. The second-order valence-electron chi connectivity index (χ2n) is 7.71. The average molecular weight is 369 g/mol. The van der Waals surface area contributed by atoms with Gasteiger partial charge in [0.15, 0.2) is 0 Å². The molecule has 2 amide bonds. The van der Waals surface area contributed by atoms with Gasteiger partial charge in [-0.2, -0.15) is 0 Å². The molecule has 2 aromatic rings. The Kier molecular flexibility index (Phi) is 4.03. The van der Waals surface area contributed by atoms with E-state index in [1.54, 1.807) is 24.3 Å². The fourth-order valence-corrected chi connectivity index (χ4v) is 4.55. The Morgan fingerprint density at radius 3 is 2.23 bits per heavy atom. The van der Waals surface area contributed by atoms with Crippen LogP contribution >= 0.6 is 11.6 Å². The van der Waals surface area contributed by atoms with Gasteiger partial charge in [0, 0.05) is 27.7 Å². The first-order valence-electron chi connectivity index (χ1n) is 8.86. The third kappa shape index (κ3) is 2.88. The predicted molar refractivity (Wildman–Crippen MR) is 102 cm³/mol. The van der Waals surface area contributed by atoms with Crippen LogP contribution in [0.15, 0.2) is 54.6 Å². The molecule has 5 rings (SSSR count). The summed E-state index contributed by atoms with van der Waals surface area (Å²) in [5.74, 6) is -0.0964. The first-order chi connectivity index (χ1) is 12.4. The molecule has 0 unspecified atom stereocenters. The lowest BCUT2D eigenvalue weighted by molar-refractivity contribution is -0.184. The Morgan fingerprint density at radius 1 is 1.00 bits per heavy atom. The van der Waals surface area contributed by atoms with Crippen LogP contribution in [0.3, 0.4) is 0 Å². The molecule has 2 aromatic carbocycles. The minimum absolute atomic E-state index is 0.0144. The van der Waals surface area contributed by atoms with Crippen LogP contribution in [-0.2, 0) is 4.79 Å². The fourth-order valence-electron chi connectivity index (χ4n) is 4.42. The second kappa shape index (κ2) is 6.13. The number of amides is 2. The summed E-state index contributed by atoms with van der Waals surface area (Å²) in [6.07, 6.45) is 2.61. The predicted octanol–water partition coefficient (Wildman–Crippen LogP) is 4.27. The average Bonchev–Trinajstić information content (AvgIpc) is 2.58. The number of halogens is 1. The third-order valence-electron chi connectivity index (χ3n) is 5.91. The van der Waals surface area contributed by atoms with Crippen LogP contribution in [0.5, 0.6) is 0 Å². The maximum absolute atomic E-state index is 12.6. The summed E-state index contributed by atoms with van der Waals surface area (Å²) < 4.78 is 0. The zero-order valence-corrected chi connectivity index (χ0v) is 15.3. The van der Waals surface area contributed by atoms with Gasteiger partial charge in [-0.15, -0.1) is 0 Å². The molecule has 3 aliphatic carbocycles. The molecule has 134 valence electrons. The van der Waals surface area contributed by atoms with E-state index in [-0.39, 0.29) is 28.7 Å². The van der Waals surface area contributed by atoms with E-state index < -0.39 is 0 Å². The molecule has 26 heavy (non-hydrogen) atoms. The molecule has 0 heterocycles. The Bertz CT molecular complexity index is 828. The number of hydrogen-bond donors (Lipinski definition) is 2. The minimum atomic E-state index is -0.123. The Balaban J connectivity index is 1.33. The van der Waals surface area contributed by atoms with Gasteiger partial charge in [-0.3, -0.25) is 9.59 Å². The van der Waals surface area contributed by atoms with Crippen molar-refractivity contribution in [1.82, 2.24) is 5.32 Å². The summed E-state index contributed by atoms with van der Waals surface area (Å²) in [5.41, 5.74) is 1.33. The van der Waals surface area contributed by atoms with E-state index in [0.717, 1.165) is 24.9 Å². The van der Waals surface area contributed by atoms with Crippen molar-refractivity contribution in [3.05, 3.63) is 65.2 Å². The summed E-state index contributed by atoms with van der Waals surface area (Å²) in [4.78, 5) is 24.9. The first kappa shape index (κ1) is 17.1. The van der Waals surface area contributed by atoms with E-state index in [0.29, 0.717) is 10.6 Å². The minimum Gasteiger partial charge on any atom is -0.347 e. The maximum Gasteiger partial charge on any atom is 0.251 e. The van der Waals surface area contributed by atoms with Gasteiger partial charge in [-0.1, -0.05) is 36.7 Å². The molecule has 3 aliphatic rings. The van der Waals surface area contributed by atoms with Crippen LogP contribution < -0.4 is 10.6 Å². The number of benzene rings is 2. The van der Waals surface area contributed by atoms with Gasteiger partial charge in [0.25, 0.3) is 5.91 Å². The van der Waals surface area contributed by atoms with Crippen molar-refractivity contribution in [3.8, 4) is 0 Å². The highest BCUT2D eigenvalue weighted by atomic mass is 35.5. The summed E-state index contributed by atoms with van der Waals surface area (Å²) in [7, 11) is 0. The number of anilines is 1. The molecule has 1 atom stereocenters. The van der Waals surface area contributed by atoms with E-state index >= 15 is 0 Å².